The Kier molecular flexibility index (Phi) is 2.84. The van der Waals surface area contributed by atoms with Gasteiger partial charge in [-0.05, 0) is 18.9 Å². The van der Waals surface area contributed by atoms with E-state index >= 15 is 0 Å². The molecule has 0 spiro atoms. The van der Waals surface area contributed by atoms with E-state index in [2.05, 4.69) is 26.3 Å². The number of hydrogen-bond acceptors (Lipinski definition) is 5. The largest absolute Gasteiger partial charge is 0.373 e. The van der Waals surface area contributed by atoms with Crippen molar-refractivity contribution in [3.8, 4) is 17.3 Å². The zero-order valence-corrected chi connectivity index (χ0v) is 10.6. The van der Waals surface area contributed by atoms with Gasteiger partial charge in [-0.2, -0.15) is 5.26 Å². The highest BCUT2D eigenvalue weighted by Crippen LogP contribution is 2.39. The molecular weight excluding hydrogens is 238 g/mol. The number of aromatic nitrogens is 3. The van der Waals surface area contributed by atoms with Crippen LogP contribution in [0.5, 0.6) is 0 Å². The van der Waals surface area contributed by atoms with Crippen LogP contribution in [0.3, 0.4) is 0 Å². The lowest BCUT2D eigenvalue weighted by atomic mass is 10.1. The minimum atomic E-state index is 0.485. The number of nitriles is 1. The van der Waals surface area contributed by atoms with Gasteiger partial charge in [-0.15, -0.1) is 0 Å². The van der Waals surface area contributed by atoms with Crippen molar-refractivity contribution in [1.82, 2.24) is 15.0 Å². The smallest absolute Gasteiger partial charge is 0.134 e. The highest BCUT2D eigenvalue weighted by atomic mass is 15.0. The summed E-state index contributed by atoms with van der Waals surface area (Å²) in [4.78, 5) is 13.1. The maximum absolute atomic E-state index is 8.93. The molecule has 0 atom stereocenters. The predicted molar refractivity (Wildman–Crippen MR) is 71.5 cm³/mol. The molecule has 19 heavy (non-hydrogen) atoms. The van der Waals surface area contributed by atoms with Crippen molar-refractivity contribution in [3.63, 3.8) is 0 Å². The van der Waals surface area contributed by atoms with Gasteiger partial charge in [0.15, 0.2) is 0 Å². The number of nitrogens with one attached hydrogen (secondary N) is 1. The number of hydrogen-bond donors (Lipinski definition) is 1. The molecule has 1 aliphatic carbocycles. The zero-order chi connectivity index (χ0) is 13.2. The number of pyridine rings is 1. The summed E-state index contributed by atoms with van der Waals surface area (Å²) >= 11 is 0. The lowest BCUT2D eigenvalue weighted by Gasteiger charge is -2.07. The van der Waals surface area contributed by atoms with Gasteiger partial charge in [0, 0.05) is 37.0 Å². The van der Waals surface area contributed by atoms with Gasteiger partial charge in [0.1, 0.15) is 17.7 Å². The lowest BCUT2D eigenvalue weighted by Crippen LogP contribution is -2.01. The van der Waals surface area contributed by atoms with E-state index in [1.54, 1.807) is 18.5 Å². The Morgan fingerprint density at radius 2 is 2.11 bits per heavy atom. The van der Waals surface area contributed by atoms with Gasteiger partial charge in [-0.3, -0.25) is 4.98 Å². The molecule has 0 saturated heterocycles. The first-order valence-corrected chi connectivity index (χ1v) is 6.22. The Balaban J connectivity index is 2.07. The first kappa shape index (κ1) is 11.6. The first-order valence-electron chi connectivity index (χ1n) is 6.22. The molecule has 0 radical (unpaired) electrons. The molecule has 2 heterocycles. The molecule has 5 heteroatoms. The summed E-state index contributed by atoms with van der Waals surface area (Å²) < 4.78 is 0. The van der Waals surface area contributed by atoms with Gasteiger partial charge < -0.3 is 5.32 Å². The van der Waals surface area contributed by atoms with Crippen LogP contribution in [0.15, 0.2) is 24.5 Å². The summed E-state index contributed by atoms with van der Waals surface area (Å²) in [7, 11) is 1.84. The predicted octanol–water partition coefficient (Wildman–Crippen LogP) is 2.33. The summed E-state index contributed by atoms with van der Waals surface area (Å²) in [6.45, 7) is 0. The van der Waals surface area contributed by atoms with Crippen LogP contribution in [-0.4, -0.2) is 22.0 Å². The minimum absolute atomic E-state index is 0.485. The third kappa shape index (κ3) is 2.38. The van der Waals surface area contributed by atoms with Crippen LogP contribution in [0.1, 0.15) is 30.1 Å². The lowest BCUT2D eigenvalue weighted by molar-refractivity contribution is 0.932. The Morgan fingerprint density at radius 1 is 1.26 bits per heavy atom. The first-order chi connectivity index (χ1) is 9.30. The molecule has 1 fully saturated rings. The van der Waals surface area contributed by atoms with Crippen molar-refractivity contribution >= 4 is 5.82 Å². The van der Waals surface area contributed by atoms with Crippen molar-refractivity contribution in [3.05, 3.63) is 35.9 Å². The van der Waals surface area contributed by atoms with E-state index in [-0.39, 0.29) is 0 Å². The van der Waals surface area contributed by atoms with Gasteiger partial charge in [0.2, 0.25) is 0 Å². The molecule has 1 aliphatic rings. The summed E-state index contributed by atoms with van der Waals surface area (Å²) in [5, 5.41) is 12.0. The van der Waals surface area contributed by atoms with Crippen molar-refractivity contribution in [2.75, 3.05) is 12.4 Å². The van der Waals surface area contributed by atoms with E-state index in [4.69, 9.17) is 5.26 Å². The van der Waals surface area contributed by atoms with Crippen LogP contribution < -0.4 is 5.32 Å². The summed E-state index contributed by atoms with van der Waals surface area (Å²) in [5.74, 6) is 2.16. The van der Waals surface area contributed by atoms with E-state index in [0.29, 0.717) is 11.5 Å². The topological polar surface area (TPSA) is 74.5 Å². The van der Waals surface area contributed by atoms with E-state index in [1.807, 2.05) is 13.1 Å². The third-order valence-corrected chi connectivity index (χ3v) is 3.11. The normalized spacial score (nSPS) is 13.9. The van der Waals surface area contributed by atoms with E-state index in [0.717, 1.165) is 35.7 Å². The molecule has 2 aromatic heterocycles. The highest BCUT2D eigenvalue weighted by molar-refractivity contribution is 5.63. The van der Waals surface area contributed by atoms with Gasteiger partial charge in [0.05, 0.1) is 11.3 Å². The number of anilines is 1. The van der Waals surface area contributed by atoms with Crippen molar-refractivity contribution < 1.29 is 0 Å². The van der Waals surface area contributed by atoms with Crippen LogP contribution in [0.2, 0.25) is 0 Å². The second-order valence-corrected chi connectivity index (χ2v) is 4.59. The van der Waals surface area contributed by atoms with E-state index in [1.165, 1.54) is 0 Å². The molecule has 5 nitrogen and oxygen atoms in total. The van der Waals surface area contributed by atoms with Gasteiger partial charge in [-0.25, -0.2) is 9.97 Å². The maximum atomic E-state index is 8.93. The van der Waals surface area contributed by atoms with E-state index < -0.39 is 0 Å². The standard InChI is InChI=1S/C14H13N5/c1-16-13-5-12(18-14(19-13)10-2-3-10)11-4-9(6-15)7-17-8-11/h4-5,7-8,10H,2-3H2,1H3,(H,16,18,19). The summed E-state index contributed by atoms with van der Waals surface area (Å²) in [6.07, 6.45) is 5.58. The number of rotatable bonds is 3. The minimum Gasteiger partial charge on any atom is -0.373 e. The van der Waals surface area contributed by atoms with Gasteiger partial charge in [-0.1, -0.05) is 0 Å². The van der Waals surface area contributed by atoms with Gasteiger partial charge in [0.25, 0.3) is 0 Å². The average molecular weight is 251 g/mol. The zero-order valence-electron chi connectivity index (χ0n) is 10.6. The van der Waals surface area contributed by atoms with Crippen molar-refractivity contribution in [1.29, 1.82) is 5.26 Å². The molecule has 2 aromatic rings. The summed E-state index contributed by atoms with van der Waals surface area (Å²) in [6, 6.07) is 5.77. The fourth-order valence-electron chi connectivity index (χ4n) is 1.91. The van der Waals surface area contributed by atoms with Crippen molar-refractivity contribution in [2.24, 2.45) is 0 Å². The molecule has 3 rings (SSSR count). The summed E-state index contributed by atoms with van der Waals surface area (Å²) in [5.41, 5.74) is 2.20. The Morgan fingerprint density at radius 3 is 2.79 bits per heavy atom. The second-order valence-electron chi connectivity index (χ2n) is 4.59. The quantitative estimate of drug-likeness (QED) is 0.906. The highest BCUT2D eigenvalue weighted by Gasteiger charge is 2.27. The molecule has 1 N–H and O–H groups in total. The monoisotopic (exact) mass is 251 g/mol. The SMILES string of the molecule is CNc1cc(-c2cncc(C#N)c2)nc(C2CC2)n1. The average Bonchev–Trinajstić information content (AvgIpc) is 3.31. The fraction of sp³-hybridized carbons (Fsp3) is 0.286. The van der Waals surface area contributed by atoms with Crippen LogP contribution in [0, 0.1) is 11.3 Å². The van der Waals surface area contributed by atoms with Crippen LogP contribution in [0.25, 0.3) is 11.3 Å². The van der Waals surface area contributed by atoms with E-state index in [9.17, 15) is 0 Å². The Hall–Kier alpha value is -2.48. The molecular formula is C14H13N5. The molecule has 0 amide bonds. The van der Waals surface area contributed by atoms with Crippen LogP contribution in [0.4, 0.5) is 5.82 Å². The van der Waals surface area contributed by atoms with Crippen LogP contribution >= 0.6 is 0 Å². The molecule has 0 aliphatic heterocycles. The molecule has 0 bridgehead atoms. The molecule has 94 valence electrons. The van der Waals surface area contributed by atoms with Crippen molar-refractivity contribution in [2.45, 2.75) is 18.8 Å². The van der Waals surface area contributed by atoms with Gasteiger partial charge >= 0.3 is 0 Å². The Labute approximate surface area is 111 Å². The third-order valence-electron chi connectivity index (χ3n) is 3.11. The molecule has 0 aromatic carbocycles. The van der Waals surface area contributed by atoms with Crippen LogP contribution in [-0.2, 0) is 0 Å². The number of nitrogens with zero attached hydrogens (tertiary/aromatic N) is 4. The second kappa shape index (κ2) is 4.65. The Bertz CT molecular complexity index is 655. The molecule has 1 saturated carbocycles. The maximum Gasteiger partial charge on any atom is 0.134 e. The molecule has 0 unspecified atom stereocenters. The fourth-order valence-corrected chi connectivity index (χ4v) is 1.91.